The summed E-state index contributed by atoms with van der Waals surface area (Å²) in [7, 11) is 0. The Bertz CT molecular complexity index is 999. The average molecular weight is 499 g/mol. The Hall–Kier alpha value is -3.24. The summed E-state index contributed by atoms with van der Waals surface area (Å²) in [5.41, 5.74) is 0.464. The zero-order valence-electron chi connectivity index (χ0n) is 20.7. The van der Waals surface area contributed by atoms with Crippen molar-refractivity contribution in [2.24, 2.45) is 0 Å². The summed E-state index contributed by atoms with van der Waals surface area (Å²) in [6, 6.07) is 6.31. The second kappa shape index (κ2) is 11.7. The molecule has 2 saturated heterocycles. The van der Waals surface area contributed by atoms with Crippen LogP contribution in [0.2, 0.25) is 0 Å². The Morgan fingerprint density at radius 3 is 2.53 bits per heavy atom. The highest BCUT2D eigenvalue weighted by Crippen LogP contribution is 2.24. The molecule has 0 saturated carbocycles. The van der Waals surface area contributed by atoms with Crippen molar-refractivity contribution in [1.29, 1.82) is 0 Å². The molecule has 0 bridgehead atoms. The van der Waals surface area contributed by atoms with Gasteiger partial charge in [0.25, 0.3) is 5.91 Å². The summed E-state index contributed by atoms with van der Waals surface area (Å²) in [6.07, 6.45) is 4.03. The second-order valence-electron chi connectivity index (χ2n) is 9.24. The molecule has 1 aromatic carbocycles. The molecule has 10 nitrogen and oxygen atoms in total. The number of carbonyl (C=O) groups excluding carboxylic acids is 4. The van der Waals surface area contributed by atoms with Crippen molar-refractivity contribution in [2.75, 3.05) is 26.2 Å². The number of cyclic esters (lactones) is 1. The number of likely N-dealkylation sites (N-methyl/N-ethyl adjacent to an activating group) is 1. The molecule has 36 heavy (non-hydrogen) atoms. The van der Waals surface area contributed by atoms with E-state index in [1.54, 1.807) is 36.1 Å². The van der Waals surface area contributed by atoms with Crippen LogP contribution in [0, 0.1) is 0 Å². The average Bonchev–Trinajstić information content (AvgIpc) is 3.22. The van der Waals surface area contributed by atoms with Crippen LogP contribution in [0.4, 0.5) is 0 Å². The van der Waals surface area contributed by atoms with E-state index in [1.807, 2.05) is 25.1 Å². The smallest absolute Gasteiger partial charge is 0.310 e. The van der Waals surface area contributed by atoms with Gasteiger partial charge in [-0.3, -0.25) is 24.1 Å². The molecule has 2 fully saturated rings. The van der Waals surface area contributed by atoms with Crippen molar-refractivity contribution >= 4 is 23.7 Å². The molecule has 194 valence electrons. The maximum Gasteiger partial charge on any atom is 0.310 e. The Morgan fingerprint density at radius 1 is 1.06 bits per heavy atom. The maximum absolute atomic E-state index is 13.8. The van der Waals surface area contributed by atoms with Gasteiger partial charge in [0.15, 0.2) is 0 Å². The highest BCUT2D eigenvalue weighted by Gasteiger charge is 2.45. The third-order valence-corrected chi connectivity index (χ3v) is 6.84. The Kier molecular flexibility index (Phi) is 8.37. The van der Waals surface area contributed by atoms with E-state index < -0.39 is 30.4 Å². The first-order chi connectivity index (χ1) is 17.4. The molecular formula is C26H34N4O6. The summed E-state index contributed by atoms with van der Waals surface area (Å²) >= 11 is 0. The van der Waals surface area contributed by atoms with Gasteiger partial charge in [0.1, 0.15) is 18.1 Å². The number of fused-ring (bicyclic) bond motifs is 1. The molecule has 4 rings (SSSR count). The van der Waals surface area contributed by atoms with E-state index in [1.165, 1.54) is 0 Å². The molecule has 3 aliphatic heterocycles. The predicted molar refractivity (Wildman–Crippen MR) is 131 cm³/mol. The van der Waals surface area contributed by atoms with Crippen LogP contribution in [0.25, 0.3) is 0 Å². The molecule has 0 spiro atoms. The Morgan fingerprint density at radius 2 is 1.81 bits per heavy atom. The van der Waals surface area contributed by atoms with Gasteiger partial charge in [-0.25, -0.2) is 0 Å². The van der Waals surface area contributed by atoms with E-state index in [4.69, 9.17) is 9.47 Å². The van der Waals surface area contributed by atoms with Gasteiger partial charge in [0.05, 0.1) is 6.42 Å². The number of hydrogen-bond acceptors (Lipinski definition) is 7. The van der Waals surface area contributed by atoms with Gasteiger partial charge in [-0.2, -0.15) is 0 Å². The fraction of sp³-hybridized carbons (Fsp3) is 0.538. The van der Waals surface area contributed by atoms with E-state index in [-0.39, 0.29) is 30.2 Å². The normalized spacial score (nSPS) is 28.6. The number of nitrogens with zero attached hydrogens (tertiary/aromatic N) is 2. The first-order valence-corrected chi connectivity index (χ1v) is 12.6. The van der Waals surface area contributed by atoms with Crippen molar-refractivity contribution in [1.82, 2.24) is 20.4 Å². The highest BCUT2D eigenvalue weighted by atomic mass is 16.7. The van der Waals surface area contributed by atoms with Crippen molar-refractivity contribution in [3.05, 3.63) is 48.0 Å². The molecule has 10 heteroatoms. The number of nitrogens with one attached hydrogen (secondary N) is 2. The van der Waals surface area contributed by atoms with Crippen LogP contribution < -0.4 is 10.6 Å². The highest BCUT2D eigenvalue weighted by molar-refractivity contribution is 5.98. The van der Waals surface area contributed by atoms with Crippen LogP contribution in [-0.2, 0) is 23.9 Å². The molecule has 0 aromatic heterocycles. The van der Waals surface area contributed by atoms with Gasteiger partial charge in [0, 0.05) is 31.3 Å². The van der Waals surface area contributed by atoms with Crippen molar-refractivity contribution < 1.29 is 28.7 Å². The molecule has 2 N–H and O–H groups in total. The number of benzene rings is 1. The van der Waals surface area contributed by atoms with E-state index in [0.29, 0.717) is 38.1 Å². The van der Waals surface area contributed by atoms with Crippen molar-refractivity contribution in [3.63, 3.8) is 0 Å². The number of esters is 1. The lowest BCUT2D eigenvalue weighted by Gasteiger charge is -2.47. The van der Waals surface area contributed by atoms with Gasteiger partial charge in [-0.1, -0.05) is 37.3 Å². The van der Waals surface area contributed by atoms with Crippen LogP contribution in [-0.4, -0.2) is 90.2 Å². The van der Waals surface area contributed by atoms with E-state index >= 15 is 0 Å². The number of rotatable bonds is 7. The van der Waals surface area contributed by atoms with Crippen LogP contribution >= 0.6 is 0 Å². The summed E-state index contributed by atoms with van der Waals surface area (Å²) in [4.78, 5) is 55.9. The molecule has 0 radical (unpaired) electrons. The van der Waals surface area contributed by atoms with E-state index in [0.717, 1.165) is 6.54 Å². The van der Waals surface area contributed by atoms with Crippen molar-refractivity contribution in [2.45, 2.75) is 63.6 Å². The largest absolute Gasteiger partial charge is 0.433 e. The lowest BCUT2D eigenvalue weighted by atomic mass is 9.96. The first-order valence-electron chi connectivity index (χ1n) is 12.6. The number of amides is 3. The van der Waals surface area contributed by atoms with Gasteiger partial charge >= 0.3 is 5.97 Å². The van der Waals surface area contributed by atoms with Crippen LogP contribution in [0.15, 0.2) is 42.5 Å². The summed E-state index contributed by atoms with van der Waals surface area (Å²) < 4.78 is 10.7. The first kappa shape index (κ1) is 25.8. The fourth-order valence-electron chi connectivity index (χ4n) is 5.00. The third-order valence-electron chi connectivity index (χ3n) is 6.84. The van der Waals surface area contributed by atoms with Crippen molar-refractivity contribution in [3.8, 4) is 0 Å². The third kappa shape index (κ3) is 5.76. The molecule has 0 aliphatic carbocycles. The lowest BCUT2D eigenvalue weighted by molar-refractivity contribution is -0.165. The summed E-state index contributed by atoms with van der Waals surface area (Å²) in [5, 5.41) is 5.76. The topological polar surface area (TPSA) is 117 Å². The van der Waals surface area contributed by atoms with Crippen LogP contribution in [0.1, 0.15) is 43.5 Å². The zero-order valence-corrected chi connectivity index (χ0v) is 20.7. The lowest BCUT2D eigenvalue weighted by Crippen LogP contribution is -2.68. The van der Waals surface area contributed by atoms with Gasteiger partial charge in [0.2, 0.25) is 18.1 Å². The molecule has 3 amide bonds. The van der Waals surface area contributed by atoms with E-state index in [2.05, 4.69) is 15.5 Å². The summed E-state index contributed by atoms with van der Waals surface area (Å²) in [5.74, 6) is -1.43. The molecule has 5 atom stereocenters. The van der Waals surface area contributed by atoms with Crippen LogP contribution in [0.5, 0.6) is 0 Å². The zero-order chi connectivity index (χ0) is 25.7. The fourth-order valence-corrected chi connectivity index (χ4v) is 5.00. The minimum absolute atomic E-state index is 0.0104. The minimum atomic E-state index is -0.850. The molecular weight excluding hydrogens is 464 g/mol. The molecule has 3 aliphatic rings. The minimum Gasteiger partial charge on any atom is -0.433 e. The Balaban J connectivity index is 1.56. The monoisotopic (exact) mass is 498 g/mol. The van der Waals surface area contributed by atoms with Gasteiger partial charge in [-0.05, 0) is 38.4 Å². The number of ether oxygens (including phenoxy) is 2. The number of hydrogen-bond donors (Lipinski definition) is 2. The number of carbonyl (C=O) groups is 4. The molecule has 2 unspecified atom stereocenters. The van der Waals surface area contributed by atoms with Gasteiger partial charge in [-0.15, -0.1) is 0 Å². The quantitative estimate of drug-likeness (QED) is 0.422. The van der Waals surface area contributed by atoms with Gasteiger partial charge < -0.3 is 25.0 Å². The standard InChI is InChI=1S/C26H34N4O6/c1-3-29-15-18-12-8-9-13-19(27-23(32)17-10-6-5-7-11-17)25(34)30(18)21(16-29)24(33)28-20-14-22(31)36-26(20)35-4-2/h5-11,18-21,26H,3-4,12-16H2,1-2H3,(H,27,32)(H,28,33)/t18-,19-,20?,21-,26?/m0/s1. The Labute approximate surface area is 211 Å². The van der Waals surface area contributed by atoms with E-state index in [9.17, 15) is 19.2 Å². The molecule has 3 heterocycles. The van der Waals surface area contributed by atoms with Crippen LogP contribution in [0.3, 0.4) is 0 Å². The second-order valence-corrected chi connectivity index (χ2v) is 9.24. The maximum atomic E-state index is 13.8. The predicted octanol–water partition coefficient (Wildman–Crippen LogP) is 0.831. The summed E-state index contributed by atoms with van der Waals surface area (Å²) in [6.45, 7) is 5.84. The SMILES string of the molecule is CCOC1OC(=O)CC1NC(=O)[C@@H]1CN(CC)C[C@@H]2CC=CC[C@H](NC(=O)c3ccccc3)C(=O)N21. The number of piperazine rings is 1. The molecule has 1 aromatic rings.